The maximum Gasteiger partial charge on any atom is 0.251 e. The van der Waals surface area contributed by atoms with E-state index in [4.69, 9.17) is 0 Å². The number of anilines is 1. The number of aromatic nitrogens is 2. The monoisotopic (exact) mass is 245 g/mol. The fourth-order valence-corrected chi connectivity index (χ4v) is 2.53. The highest BCUT2D eigenvalue weighted by Crippen LogP contribution is 2.46. The van der Waals surface area contributed by atoms with Crippen molar-refractivity contribution in [2.45, 2.75) is 26.3 Å². The number of pyridine rings is 1. The molecule has 0 saturated heterocycles. The second-order valence-electron chi connectivity index (χ2n) is 5.16. The Morgan fingerprint density at radius 1 is 1.50 bits per heavy atom. The van der Waals surface area contributed by atoms with Crippen LogP contribution in [0.4, 0.5) is 5.82 Å². The maximum atomic E-state index is 12.2. The Labute approximate surface area is 104 Å². The third-order valence-electron chi connectivity index (χ3n) is 3.99. The Morgan fingerprint density at radius 3 is 2.89 bits per heavy atom. The summed E-state index contributed by atoms with van der Waals surface area (Å²) >= 11 is 0. The van der Waals surface area contributed by atoms with Crippen LogP contribution in [0.3, 0.4) is 0 Å². The smallest absolute Gasteiger partial charge is 0.251 e. The lowest BCUT2D eigenvalue weighted by Crippen LogP contribution is -2.40. The summed E-state index contributed by atoms with van der Waals surface area (Å²) in [5, 5.41) is 13.8. The lowest BCUT2D eigenvalue weighted by Gasteiger charge is -2.28. The SMILES string of the molecule is CC(C)C1(C)C(=O)Nc2c3ncccc3c(O)n21. The predicted molar refractivity (Wildman–Crippen MR) is 68.5 cm³/mol. The molecule has 2 aromatic rings. The molecule has 1 amide bonds. The largest absolute Gasteiger partial charge is 0.494 e. The number of nitrogens with zero attached hydrogens (tertiary/aromatic N) is 2. The topological polar surface area (TPSA) is 67.2 Å². The molecule has 94 valence electrons. The minimum absolute atomic E-state index is 0.0615. The van der Waals surface area contributed by atoms with E-state index in [0.717, 1.165) is 0 Å². The van der Waals surface area contributed by atoms with Gasteiger partial charge in [-0.25, -0.2) is 0 Å². The zero-order valence-electron chi connectivity index (χ0n) is 10.6. The molecule has 3 rings (SSSR count). The number of fused-ring (bicyclic) bond motifs is 3. The van der Waals surface area contributed by atoms with E-state index < -0.39 is 5.54 Å². The molecule has 0 spiro atoms. The molecule has 2 aromatic heterocycles. The maximum absolute atomic E-state index is 12.2. The fraction of sp³-hybridized carbons (Fsp3) is 0.385. The van der Waals surface area contributed by atoms with Gasteiger partial charge in [0, 0.05) is 6.20 Å². The molecule has 0 fully saturated rings. The molecule has 0 bridgehead atoms. The van der Waals surface area contributed by atoms with Gasteiger partial charge in [-0.05, 0) is 25.0 Å². The first-order valence-electron chi connectivity index (χ1n) is 5.98. The van der Waals surface area contributed by atoms with Crippen molar-refractivity contribution in [3.05, 3.63) is 18.3 Å². The van der Waals surface area contributed by atoms with Crippen LogP contribution in [-0.2, 0) is 10.3 Å². The van der Waals surface area contributed by atoms with Gasteiger partial charge in [0.25, 0.3) is 5.91 Å². The molecule has 18 heavy (non-hydrogen) atoms. The number of nitrogens with one attached hydrogen (secondary N) is 1. The van der Waals surface area contributed by atoms with E-state index in [2.05, 4.69) is 10.3 Å². The molecular weight excluding hydrogens is 230 g/mol. The zero-order chi connectivity index (χ0) is 13.1. The Bertz CT molecular complexity index is 660. The van der Waals surface area contributed by atoms with Gasteiger partial charge in [-0.3, -0.25) is 14.3 Å². The van der Waals surface area contributed by atoms with Gasteiger partial charge in [0.1, 0.15) is 16.9 Å². The summed E-state index contributed by atoms with van der Waals surface area (Å²) in [7, 11) is 0. The van der Waals surface area contributed by atoms with E-state index in [0.29, 0.717) is 16.7 Å². The van der Waals surface area contributed by atoms with Crippen molar-refractivity contribution >= 4 is 22.6 Å². The lowest BCUT2D eigenvalue weighted by molar-refractivity contribution is -0.124. The number of amides is 1. The highest BCUT2D eigenvalue weighted by atomic mass is 16.3. The van der Waals surface area contributed by atoms with Crippen LogP contribution in [-0.4, -0.2) is 20.6 Å². The van der Waals surface area contributed by atoms with Crippen LogP contribution in [0.25, 0.3) is 10.9 Å². The molecule has 1 aliphatic heterocycles. The van der Waals surface area contributed by atoms with E-state index in [1.54, 1.807) is 22.9 Å². The van der Waals surface area contributed by atoms with Gasteiger partial charge in [-0.15, -0.1) is 0 Å². The van der Waals surface area contributed by atoms with E-state index in [1.165, 1.54) is 0 Å². The number of aromatic hydroxyl groups is 1. The average Bonchev–Trinajstić information content (AvgIpc) is 2.77. The molecule has 1 unspecified atom stereocenters. The standard InChI is InChI=1S/C13H15N3O2/c1-7(2)13(3)12(18)15-10-9-8(5-4-6-14-9)11(17)16(10)13/h4-7,17H,1-3H3,(H,15,18). The number of hydrogen-bond acceptors (Lipinski definition) is 3. The molecule has 0 aromatic carbocycles. The van der Waals surface area contributed by atoms with Gasteiger partial charge < -0.3 is 10.4 Å². The van der Waals surface area contributed by atoms with E-state index in [1.807, 2.05) is 20.8 Å². The molecule has 5 nitrogen and oxygen atoms in total. The van der Waals surface area contributed by atoms with Crippen molar-refractivity contribution in [2.75, 3.05) is 5.32 Å². The summed E-state index contributed by atoms with van der Waals surface area (Å²) in [6.45, 7) is 5.76. The van der Waals surface area contributed by atoms with E-state index in [9.17, 15) is 9.90 Å². The van der Waals surface area contributed by atoms with Crippen LogP contribution >= 0.6 is 0 Å². The van der Waals surface area contributed by atoms with Gasteiger partial charge in [0.15, 0.2) is 0 Å². The Balaban J connectivity index is 2.41. The van der Waals surface area contributed by atoms with Gasteiger partial charge in [-0.2, -0.15) is 0 Å². The van der Waals surface area contributed by atoms with Gasteiger partial charge in [0.05, 0.1) is 5.39 Å². The first-order chi connectivity index (χ1) is 8.48. The van der Waals surface area contributed by atoms with Crippen molar-refractivity contribution in [1.29, 1.82) is 0 Å². The summed E-state index contributed by atoms with van der Waals surface area (Å²) in [4.78, 5) is 16.4. The number of hydrogen-bond donors (Lipinski definition) is 2. The molecule has 3 heterocycles. The summed E-state index contributed by atoms with van der Waals surface area (Å²) in [5.41, 5.74) is -0.146. The van der Waals surface area contributed by atoms with Crippen LogP contribution in [0.15, 0.2) is 18.3 Å². The quantitative estimate of drug-likeness (QED) is 0.808. The predicted octanol–water partition coefficient (Wildman–Crippen LogP) is 2.07. The Hall–Kier alpha value is -2.04. The second kappa shape index (κ2) is 3.25. The highest BCUT2D eigenvalue weighted by Gasteiger charge is 2.48. The molecule has 5 heteroatoms. The minimum atomic E-state index is -0.778. The van der Waals surface area contributed by atoms with Crippen LogP contribution in [0.2, 0.25) is 0 Å². The van der Waals surface area contributed by atoms with E-state index in [-0.39, 0.29) is 17.7 Å². The van der Waals surface area contributed by atoms with Crippen molar-refractivity contribution in [1.82, 2.24) is 9.55 Å². The first kappa shape index (κ1) is 11.1. The molecule has 0 radical (unpaired) electrons. The lowest BCUT2D eigenvalue weighted by atomic mass is 9.88. The molecule has 0 aliphatic carbocycles. The zero-order valence-corrected chi connectivity index (χ0v) is 10.6. The minimum Gasteiger partial charge on any atom is -0.494 e. The van der Waals surface area contributed by atoms with Crippen molar-refractivity contribution in [2.24, 2.45) is 5.92 Å². The molecule has 1 aliphatic rings. The summed E-state index contributed by atoms with van der Waals surface area (Å²) in [6, 6.07) is 3.57. The fourth-order valence-electron chi connectivity index (χ4n) is 2.53. The van der Waals surface area contributed by atoms with Crippen LogP contribution < -0.4 is 5.32 Å². The Morgan fingerprint density at radius 2 is 2.22 bits per heavy atom. The molecule has 1 atom stereocenters. The van der Waals surface area contributed by atoms with Gasteiger partial charge >= 0.3 is 0 Å². The summed E-state index contributed by atoms with van der Waals surface area (Å²) in [5.74, 6) is 0.647. The number of carbonyl (C=O) groups excluding carboxylic acids is 1. The third kappa shape index (κ3) is 1.06. The van der Waals surface area contributed by atoms with Crippen molar-refractivity contribution < 1.29 is 9.90 Å². The Kier molecular flexibility index (Phi) is 2.00. The van der Waals surface area contributed by atoms with Crippen molar-refractivity contribution in [3.63, 3.8) is 0 Å². The normalized spacial score (nSPS) is 22.6. The molecule has 2 N–H and O–H groups in total. The van der Waals surface area contributed by atoms with E-state index >= 15 is 0 Å². The average molecular weight is 245 g/mol. The molecule has 0 saturated carbocycles. The summed E-state index contributed by atoms with van der Waals surface area (Å²) in [6.07, 6.45) is 1.65. The third-order valence-corrected chi connectivity index (χ3v) is 3.99. The van der Waals surface area contributed by atoms with Gasteiger partial charge in [0.2, 0.25) is 5.88 Å². The summed E-state index contributed by atoms with van der Waals surface area (Å²) < 4.78 is 1.66. The highest BCUT2D eigenvalue weighted by molar-refractivity contribution is 6.09. The molecular formula is C13H15N3O2. The van der Waals surface area contributed by atoms with Crippen LogP contribution in [0.1, 0.15) is 20.8 Å². The van der Waals surface area contributed by atoms with Crippen LogP contribution in [0.5, 0.6) is 5.88 Å². The van der Waals surface area contributed by atoms with Crippen LogP contribution in [0, 0.1) is 5.92 Å². The second-order valence-corrected chi connectivity index (χ2v) is 5.16. The number of carbonyl (C=O) groups is 1. The van der Waals surface area contributed by atoms with Gasteiger partial charge in [-0.1, -0.05) is 13.8 Å². The number of rotatable bonds is 1. The first-order valence-corrected chi connectivity index (χ1v) is 5.98. The van der Waals surface area contributed by atoms with Crippen molar-refractivity contribution in [3.8, 4) is 5.88 Å².